The van der Waals surface area contributed by atoms with E-state index in [1.54, 1.807) is 0 Å². The molecule has 1 heterocycles. The SMILES string of the molecule is Clc1ccc([C@@H]2CCN(Cc3ccccc3)CCN2)cc1. The van der Waals surface area contributed by atoms with Crippen molar-refractivity contribution in [3.63, 3.8) is 0 Å². The van der Waals surface area contributed by atoms with E-state index < -0.39 is 0 Å². The lowest BCUT2D eigenvalue weighted by Gasteiger charge is -2.19. The average molecular weight is 301 g/mol. The van der Waals surface area contributed by atoms with E-state index in [1.165, 1.54) is 11.1 Å². The molecule has 110 valence electrons. The monoisotopic (exact) mass is 300 g/mol. The zero-order chi connectivity index (χ0) is 14.5. The van der Waals surface area contributed by atoms with Crippen LogP contribution in [0.5, 0.6) is 0 Å². The van der Waals surface area contributed by atoms with Crippen LogP contribution >= 0.6 is 11.6 Å². The molecule has 1 aliphatic heterocycles. The van der Waals surface area contributed by atoms with E-state index in [-0.39, 0.29) is 0 Å². The molecule has 0 aromatic heterocycles. The van der Waals surface area contributed by atoms with Gasteiger partial charge in [-0.05, 0) is 29.7 Å². The van der Waals surface area contributed by atoms with Gasteiger partial charge in [0.2, 0.25) is 0 Å². The van der Waals surface area contributed by atoms with E-state index in [1.807, 2.05) is 12.1 Å². The molecule has 0 unspecified atom stereocenters. The van der Waals surface area contributed by atoms with Crippen LogP contribution in [-0.4, -0.2) is 24.5 Å². The first-order valence-electron chi connectivity index (χ1n) is 7.56. The van der Waals surface area contributed by atoms with Crippen molar-refractivity contribution >= 4 is 11.6 Å². The van der Waals surface area contributed by atoms with Gasteiger partial charge in [0.1, 0.15) is 0 Å². The Morgan fingerprint density at radius 2 is 1.76 bits per heavy atom. The lowest BCUT2D eigenvalue weighted by atomic mass is 10.0. The van der Waals surface area contributed by atoms with Crippen LogP contribution in [-0.2, 0) is 6.54 Å². The van der Waals surface area contributed by atoms with E-state index in [4.69, 9.17) is 11.6 Å². The molecule has 2 aromatic carbocycles. The van der Waals surface area contributed by atoms with E-state index >= 15 is 0 Å². The van der Waals surface area contributed by atoms with Crippen LogP contribution in [0, 0.1) is 0 Å². The Morgan fingerprint density at radius 1 is 1.00 bits per heavy atom. The topological polar surface area (TPSA) is 15.3 Å². The lowest BCUT2D eigenvalue weighted by Crippen LogP contribution is -2.27. The number of halogens is 1. The van der Waals surface area contributed by atoms with Gasteiger partial charge in [-0.25, -0.2) is 0 Å². The van der Waals surface area contributed by atoms with Crippen LogP contribution in [0.3, 0.4) is 0 Å². The van der Waals surface area contributed by atoms with Crippen molar-refractivity contribution in [1.82, 2.24) is 10.2 Å². The molecule has 3 heteroatoms. The number of rotatable bonds is 3. The Morgan fingerprint density at radius 3 is 2.52 bits per heavy atom. The minimum Gasteiger partial charge on any atom is -0.309 e. The number of hydrogen-bond donors (Lipinski definition) is 1. The summed E-state index contributed by atoms with van der Waals surface area (Å²) in [6.07, 6.45) is 1.13. The number of nitrogens with one attached hydrogen (secondary N) is 1. The molecule has 2 nitrogen and oxygen atoms in total. The molecular weight excluding hydrogens is 280 g/mol. The summed E-state index contributed by atoms with van der Waals surface area (Å²) in [5.41, 5.74) is 2.73. The second-order valence-corrected chi connectivity index (χ2v) is 6.05. The lowest BCUT2D eigenvalue weighted by molar-refractivity contribution is 0.282. The predicted molar refractivity (Wildman–Crippen MR) is 88.5 cm³/mol. The number of nitrogens with zero attached hydrogens (tertiary/aromatic N) is 1. The molecule has 0 amide bonds. The third kappa shape index (κ3) is 4.07. The van der Waals surface area contributed by atoms with Gasteiger partial charge in [0.15, 0.2) is 0 Å². The maximum absolute atomic E-state index is 5.97. The molecule has 21 heavy (non-hydrogen) atoms. The Bertz CT molecular complexity index is 553. The predicted octanol–water partition coefficient (Wildman–Crippen LogP) is 3.88. The number of benzene rings is 2. The van der Waals surface area contributed by atoms with Gasteiger partial charge in [-0.1, -0.05) is 54.1 Å². The van der Waals surface area contributed by atoms with Gasteiger partial charge in [0, 0.05) is 37.2 Å². The normalized spacial score (nSPS) is 20.1. The van der Waals surface area contributed by atoms with E-state index in [9.17, 15) is 0 Å². The van der Waals surface area contributed by atoms with Crippen LogP contribution in [0.25, 0.3) is 0 Å². The number of hydrogen-bond acceptors (Lipinski definition) is 2. The van der Waals surface area contributed by atoms with Gasteiger partial charge in [0.05, 0.1) is 0 Å². The first-order chi connectivity index (χ1) is 10.3. The Labute approximate surface area is 131 Å². The first-order valence-corrected chi connectivity index (χ1v) is 7.94. The fourth-order valence-electron chi connectivity index (χ4n) is 2.90. The smallest absolute Gasteiger partial charge is 0.0406 e. The molecule has 0 spiro atoms. The highest BCUT2D eigenvalue weighted by molar-refractivity contribution is 6.30. The summed E-state index contributed by atoms with van der Waals surface area (Å²) in [5, 5.41) is 4.45. The highest BCUT2D eigenvalue weighted by atomic mass is 35.5. The van der Waals surface area contributed by atoms with Crippen molar-refractivity contribution in [2.75, 3.05) is 19.6 Å². The zero-order valence-electron chi connectivity index (χ0n) is 12.1. The molecule has 1 atom stereocenters. The fourth-order valence-corrected chi connectivity index (χ4v) is 3.03. The summed E-state index contributed by atoms with van der Waals surface area (Å²) in [4.78, 5) is 2.53. The van der Waals surface area contributed by atoms with Crippen LogP contribution < -0.4 is 5.32 Å². The summed E-state index contributed by atoms with van der Waals surface area (Å²) in [6.45, 7) is 4.28. The maximum atomic E-state index is 5.97. The van der Waals surface area contributed by atoms with Crippen LogP contribution in [0.1, 0.15) is 23.6 Å². The average Bonchev–Trinajstić information content (AvgIpc) is 2.75. The summed E-state index contributed by atoms with van der Waals surface area (Å²) in [6, 6.07) is 19.4. The van der Waals surface area contributed by atoms with Crippen LogP contribution in [0.4, 0.5) is 0 Å². The summed E-state index contributed by atoms with van der Waals surface area (Å²) in [7, 11) is 0. The highest BCUT2D eigenvalue weighted by Gasteiger charge is 2.17. The van der Waals surface area contributed by atoms with Gasteiger partial charge in [-0.3, -0.25) is 4.90 Å². The molecule has 1 aliphatic rings. The maximum Gasteiger partial charge on any atom is 0.0406 e. The fraction of sp³-hybridized carbons (Fsp3) is 0.333. The van der Waals surface area contributed by atoms with Crippen molar-refractivity contribution < 1.29 is 0 Å². The molecule has 1 saturated heterocycles. The van der Waals surface area contributed by atoms with Gasteiger partial charge < -0.3 is 5.32 Å². The molecule has 0 saturated carbocycles. The van der Waals surface area contributed by atoms with E-state index in [2.05, 4.69) is 52.7 Å². The van der Waals surface area contributed by atoms with E-state index in [0.29, 0.717) is 6.04 Å². The highest BCUT2D eigenvalue weighted by Crippen LogP contribution is 2.21. The molecule has 1 N–H and O–H groups in total. The Balaban J connectivity index is 1.60. The van der Waals surface area contributed by atoms with Crippen molar-refractivity contribution in [1.29, 1.82) is 0 Å². The molecule has 0 bridgehead atoms. The van der Waals surface area contributed by atoms with Crippen molar-refractivity contribution in [3.05, 3.63) is 70.7 Å². The standard InChI is InChI=1S/C18H21ClN2/c19-17-8-6-16(7-9-17)18-10-12-21(13-11-20-18)14-15-4-2-1-3-5-15/h1-9,18,20H,10-14H2/t18-/m0/s1. The summed E-state index contributed by atoms with van der Waals surface area (Å²) < 4.78 is 0. The Kier molecular flexibility index (Phi) is 4.91. The minimum atomic E-state index is 0.433. The molecule has 2 aromatic rings. The molecule has 0 radical (unpaired) electrons. The third-order valence-electron chi connectivity index (χ3n) is 4.07. The molecular formula is C18H21ClN2. The molecule has 0 aliphatic carbocycles. The Hall–Kier alpha value is -1.35. The van der Waals surface area contributed by atoms with Crippen LogP contribution in [0.15, 0.2) is 54.6 Å². The molecule has 1 fully saturated rings. The van der Waals surface area contributed by atoms with Gasteiger partial charge >= 0.3 is 0 Å². The summed E-state index contributed by atoms with van der Waals surface area (Å²) in [5.74, 6) is 0. The van der Waals surface area contributed by atoms with Gasteiger partial charge in [-0.2, -0.15) is 0 Å². The van der Waals surface area contributed by atoms with E-state index in [0.717, 1.165) is 37.6 Å². The first kappa shape index (κ1) is 14.6. The van der Waals surface area contributed by atoms with Crippen LogP contribution in [0.2, 0.25) is 5.02 Å². The van der Waals surface area contributed by atoms with Gasteiger partial charge in [-0.15, -0.1) is 0 Å². The quantitative estimate of drug-likeness (QED) is 0.925. The third-order valence-corrected chi connectivity index (χ3v) is 4.33. The second-order valence-electron chi connectivity index (χ2n) is 5.61. The van der Waals surface area contributed by atoms with Crippen molar-refractivity contribution in [3.8, 4) is 0 Å². The second kappa shape index (κ2) is 7.08. The summed E-state index contributed by atoms with van der Waals surface area (Å²) >= 11 is 5.97. The van der Waals surface area contributed by atoms with Crippen molar-refractivity contribution in [2.24, 2.45) is 0 Å². The largest absolute Gasteiger partial charge is 0.309 e. The minimum absolute atomic E-state index is 0.433. The van der Waals surface area contributed by atoms with Crippen molar-refractivity contribution in [2.45, 2.75) is 19.0 Å². The zero-order valence-corrected chi connectivity index (χ0v) is 12.9. The molecule has 3 rings (SSSR count). The van der Waals surface area contributed by atoms with Gasteiger partial charge in [0.25, 0.3) is 0 Å².